The molecule has 4 nitrogen and oxygen atoms in total. The highest BCUT2D eigenvalue weighted by Crippen LogP contribution is 2.17. The summed E-state index contributed by atoms with van der Waals surface area (Å²) in [6.45, 7) is 4.38. The van der Waals surface area contributed by atoms with E-state index in [1.807, 2.05) is 44.2 Å². The van der Waals surface area contributed by atoms with Gasteiger partial charge in [-0.2, -0.15) is 0 Å². The first-order valence-corrected chi connectivity index (χ1v) is 6.46. The number of aromatic nitrogens is 1. The van der Waals surface area contributed by atoms with E-state index < -0.39 is 0 Å². The molecule has 1 unspecified atom stereocenters. The van der Waals surface area contributed by atoms with Crippen LogP contribution < -0.4 is 11.1 Å². The van der Waals surface area contributed by atoms with Crippen LogP contribution in [0.5, 0.6) is 0 Å². The summed E-state index contributed by atoms with van der Waals surface area (Å²) in [5.74, 6) is -0.103. The van der Waals surface area contributed by atoms with Crippen molar-refractivity contribution in [1.82, 2.24) is 10.3 Å². The first-order chi connectivity index (χ1) is 9.09. The molecular formula is C15H19N3O. The SMILES string of the molecule is CCC(C)(CN)NC(=O)c1cccc2ncccc12. The minimum Gasteiger partial charge on any atom is -0.346 e. The molecule has 19 heavy (non-hydrogen) atoms. The van der Waals surface area contributed by atoms with Gasteiger partial charge in [0.05, 0.1) is 5.52 Å². The van der Waals surface area contributed by atoms with E-state index in [9.17, 15) is 4.79 Å². The molecule has 0 aliphatic rings. The zero-order chi connectivity index (χ0) is 13.9. The molecule has 0 aliphatic heterocycles. The summed E-state index contributed by atoms with van der Waals surface area (Å²) in [5.41, 5.74) is 6.81. The summed E-state index contributed by atoms with van der Waals surface area (Å²) in [6, 6.07) is 9.29. The fourth-order valence-corrected chi connectivity index (χ4v) is 1.93. The van der Waals surface area contributed by atoms with Crippen LogP contribution in [-0.4, -0.2) is 23.0 Å². The second kappa shape index (κ2) is 5.36. The molecule has 0 aliphatic carbocycles. The molecule has 0 spiro atoms. The Hall–Kier alpha value is -1.94. The largest absolute Gasteiger partial charge is 0.346 e. The smallest absolute Gasteiger partial charge is 0.252 e. The van der Waals surface area contributed by atoms with Gasteiger partial charge in [-0.1, -0.05) is 19.1 Å². The number of nitrogens with one attached hydrogen (secondary N) is 1. The second-order valence-electron chi connectivity index (χ2n) is 4.95. The maximum atomic E-state index is 12.4. The van der Waals surface area contributed by atoms with E-state index in [-0.39, 0.29) is 11.4 Å². The van der Waals surface area contributed by atoms with Gasteiger partial charge in [0.2, 0.25) is 0 Å². The average molecular weight is 257 g/mol. The summed E-state index contributed by atoms with van der Waals surface area (Å²) >= 11 is 0. The summed E-state index contributed by atoms with van der Waals surface area (Å²) in [7, 11) is 0. The van der Waals surface area contributed by atoms with Crippen molar-refractivity contribution in [2.75, 3.05) is 6.54 Å². The molecule has 0 radical (unpaired) electrons. The summed E-state index contributed by atoms with van der Waals surface area (Å²) in [6.07, 6.45) is 2.51. The molecule has 100 valence electrons. The molecule has 1 atom stereocenters. The van der Waals surface area contributed by atoms with Crippen LogP contribution >= 0.6 is 0 Å². The van der Waals surface area contributed by atoms with E-state index in [1.54, 1.807) is 6.20 Å². The molecule has 3 N–H and O–H groups in total. The molecule has 1 heterocycles. The molecule has 0 fully saturated rings. The topological polar surface area (TPSA) is 68.0 Å². The van der Waals surface area contributed by atoms with Gasteiger partial charge in [-0.3, -0.25) is 9.78 Å². The molecule has 2 rings (SSSR count). The van der Waals surface area contributed by atoms with Crippen molar-refractivity contribution in [2.24, 2.45) is 5.73 Å². The molecule has 0 bridgehead atoms. The fourth-order valence-electron chi connectivity index (χ4n) is 1.93. The van der Waals surface area contributed by atoms with Gasteiger partial charge < -0.3 is 11.1 Å². The lowest BCUT2D eigenvalue weighted by molar-refractivity contribution is 0.0908. The number of carbonyl (C=O) groups excluding carboxylic acids is 1. The molecule has 0 saturated heterocycles. The van der Waals surface area contributed by atoms with Crippen molar-refractivity contribution in [1.29, 1.82) is 0 Å². The summed E-state index contributed by atoms with van der Waals surface area (Å²) in [5, 5.41) is 3.87. The van der Waals surface area contributed by atoms with Crippen LogP contribution in [0.4, 0.5) is 0 Å². The van der Waals surface area contributed by atoms with Crippen molar-refractivity contribution in [3.8, 4) is 0 Å². The van der Waals surface area contributed by atoms with E-state index >= 15 is 0 Å². The van der Waals surface area contributed by atoms with Crippen molar-refractivity contribution < 1.29 is 4.79 Å². The van der Waals surface area contributed by atoms with Gasteiger partial charge in [-0.25, -0.2) is 0 Å². The van der Waals surface area contributed by atoms with Gasteiger partial charge in [0.15, 0.2) is 0 Å². The number of amides is 1. The number of nitrogens with zero attached hydrogens (tertiary/aromatic N) is 1. The number of hydrogen-bond donors (Lipinski definition) is 2. The van der Waals surface area contributed by atoms with Crippen molar-refractivity contribution in [2.45, 2.75) is 25.8 Å². The van der Waals surface area contributed by atoms with Gasteiger partial charge in [0.1, 0.15) is 0 Å². The fraction of sp³-hybridized carbons (Fsp3) is 0.333. The second-order valence-corrected chi connectivity index (χ2v) is 4.95. The van der Waals surface area contributed by atoms with Crippen molar-refractivity contribution >= 4 is 16.8 Å². The number of carbonyl (C=O) groups is 1. The van der Waals surface area contributed by atoms with Crippen LogP contribution in [0.3, 0.4) is 0 Å². The highest BCUT2D eigenvalue weighted by atomic mass is 16.1. The average Bonchev–Trinajstić information content (AvgIpc) is 2.46. The van der Waals surface area contributed by atoms with Gasteiger partial charge in [-0.15, -0.1) is 0 Å². The predicted molar refractivity (Wildman–Crippen MR) is 77.0 cm³/mol. The third-order valence-corrected chi connectivity index (χ3v) is 3.54. The Morgan fingerprint density at radius 3 is 2.84 bits per heavy atom. The zero-order valence-electron chi connectivity index (χ0n) is 11.3. The van der Waals surface area contributed by atoms with Crippen LogP contribution in [-0.2, 0) is 0 Å². The number of fused-ring (bicyclic) bond motifs is 1. The lowest BCUT2D eigenvalue weighted by Crippen LogP contribution is -2.50. The summed E-state index contributed by atoms with van der Waals surface area (Å²) < 4.78 is 0. The van der Waals surface area contributed by atoms with E-state index in [1.165, 1.54) is 0 Å². The van der Waals surface area contributed by atoms with Crippen LogP contribution in [0.2, 0.25) is 0 Å². The monoisotopic (exact) mass is 257 g/mol. The highest BCUT2D eigenvalue weighted by molar-refractivity contribution is 6.06. The van der Waals surface area contributed by atoms with E-state index in [2.05, 4.69) is 10.3 Å². The molecule has 1 aromatic heterocycles. The molecule has 1 amide bonds. The minimum absolute atomic E-state index is 0.103. The third kappa shape index (κ3) is 2.74. The van der Waals surface area contributed by atoms with Crippen molar-refractivity contribution in [3.05, 3.63) is 42.1 Å². The Bertz CT molecular complexity index is 585. The molecule has 1 aromatic carbocycles. The van der Waals surface area contributed by atoms with Gasteiger partial charge in [0.25, 0.3) is 5.91 Å². The van der Waals surface area contributed by atoms with Crippen LogP contribution in [0, 0.1) is 0 Å². The van der Waals surface area contributed by atoms with Crippen LogP contribution in [0.15, 0.2) is 36.5 Å². The molecule has 2 aromatic rings. The first kappa shape index (κ1) is 13.5. The Morgan fingerprint density at radius 1 is 1.37 bits per heavy atom. The minimum atomic E-state index is -0.374. The Morgan fingerprint density at radius 2 is 2.16 bits per heavy atom. The molecule has 4 heteroatoms. The number of nitrogens with two attached hydrogens (primary N) is 1. The molecule has 0 saturated carbocycles. The van der Waals surface area contributed by atoms with E-state index in [0.29, 0.717) is 12.1 Å². The Kier molecular flexibility index (Phi) is 3.81. The lowest BCUT2D eigenvalue weighted by Gasteiger charge is -2.28. The Balaban J connectivity index is 2.37. The Labute approximate surface area is 113 Å². The van der Waals surface area contributed by atoms with Crippen LogP contribution in [0.25, 0.3) is 10.9 Å². The zero-order valence-corrected chi connectivity index (χ0v) is 11.3. The number of pyridine rings is 1. The third-order valence-electron chi connectivity index (χ3n) is 3.54. The standard InChI is InChI=1S/C15H19N3O/c1-3-15(2,10-16)18-14(19)12-6-4-8-13-11(12)7-5-9-17-13/h4-9H,3,10,16H2,1-2H3,(H,18,19). The maximum Gasteiger partial charge on any atom is 0.252 e. The van der Waals surface area contributed by atoms with Gasteiger partial charge in [-0.05, 0) is 31.5 Å². The summed E-state index contributed by atoms with van der Waals surface area (Å²) in [4.78, 5) is 16.7. The quantitative estimate of drug-likeness (QED) is 0.881. The normalized spacial score (nSPS) is 14.1. The first-order valence-electron chi connectivity index (χ1n) is 6.46. The lowest BCUT2D eigenvalue weighted by atomic mass is 9.98. The number of benzene rings is 1. The predicted octanol–water partition coefficient (Wildman–Crippen LogP) is 2.09. The molecular weight excluding hydrogens is 238 g/mol. The maximum absolute atomic E-state index is 12.4. The van der Waals surface area contributed by atoms with Crippen LogP contribution in [0.1, 0.15) is 30.6 Å². The van der Waals surface area contributed by atoms with Gasteiger partial charge >= 0.3 is 0 Å². The number of hydrogen-bond acceptors (Lipinski definition) is 3. The van der Waals surface area contributed by atoms with Crippen molar-refractivity contribution in [3.63, 3.8) is 0 Å². The van der Waals surface area contributed by atoms with E-state index in [4.69, 9.17) is 5.73 Å². The van der Waals surface area contributed by atoms with E-state index in [0.717, 1.165) is 17.3 Å². The van der Waals surface area contributed by atoms with Gasteiger partial charge in [0, 0.05) is 29.2 Å². The highest BCUT2D eigenvalue weighted by Gasteiger charge is 2.23. The number of rotatable bonds is 4.